The summed E-state index contributed by atoms with van der Waals surface area (Å²) in [6.07, 6.45) is 0.306. The van der Waals surface area contributed by atoms with Crippen molar-refractivity contribution in [2.75, 3.05) is 20.3 Å². The van der Waals surface area contributed by atoms with E-state index >= 15 is 0 Å². The van der Waals surface area contributed by atoms with Crippen molar-refractivity contribution >= 4 is 21.8 Å². The standard InChI is InChI=1S/C11H14BrNO3/c1-15-6-7-16-13-11(14)8-9-2-4-10(12)5-3-9/h2-5H,6-8H2,1H3,(H,13,14). The van der Waals surface area contributed by atoms with E-state index in [1.54, 1.807) is 7.11 Å². The molecule has 0 heterocycles. The molecule has 0 aliphatic rings. The molecule has 0 spiro atoms. The van der Waals surface area contributed by atoms with E-state index < -0.39 is 0 Å². The molecule has 0 bridgehead atoms. The number of hydroxylamine groups is 1. The van der Waals surface area contributed by atoms with Gasteiger partial charge in [0, 0.05) is 11.6 Å². The molecular formula is C11H14BrNO3. The Morgan fingerprint density at radius 3 is 2.62 bits per heavy atom. The van der Waals surface area contributed by atoms with Gasteiger partial charge in [-0.25, -0.2) is 5.48 Å². The minimum absolute atomic E-state index is 0.168. The van der Waals surface area contributed by atoms with Crippen LogP contribution in [0.3, 0.4) is 0 Å². The average molecular weight is 288 g/mol. The lowest BCUT2D eigenvalue weighted by Crippen LogP contribution is -2.26. The summed E-state index contributed by atoms with van der Waals surface area (Å²) in [4.78, 5) is 16.3. The third-order valence-electron chi connectivity index (χ3n) is 1.85. The van der Waals surface area contributed by atoms with Crippen molar-refractivity contribution in [2.45, 2.75) is 6.42 Å². The predicted molar refractivity (Wildman–Crippen MR) is 63.8 cm³/mol. The first kappa shape index (κ1) is 13.2. The molecule has 16 heavy (non-hydrogen) atoms. The van der Waals surface area contributed by atoms with Crippen LogP contribution in [0.15, 0.2) is 28.7 Å². The van der Waals surface area contributed by atoms with Gasteiger partial charge in [0.1, 0.15) is 0 Å². The van der Waals surface area contributed by atoms with Crippen LogP contribution in [0.5, 0.6) is 0 Å². The number of carbonyl (C=O) groups is 1. The zero-order valence-corrected chi connectivity index (χ0v) is 10.6. The van der Waals surface area contributed by atoms with E-state index in [9.17, 15) is 4.79 Å². The topological polar surface area (TPSA) is 47.6 Å². The van der Waals surface area contributed by atoms with Crippen LogP contribution in [-0.4, -0.2) is 26.2 Å². The number of carbonyl (C=O) groups excluding carboxylic acids is 1. The molecule has 0 aliphatic heterocycles. The molecule has 0 aliphatic carbocycles. The number of rotatable bonds is 6. The van der Waals surface area contributed by atoms with Gasteiger partial charge in [-0.3, -0.25) is 9.63 Å². The van der Waals surface area contributed by atoms with Gasteiger partial charge in [-0.2, -0.15) is 0 Å². The van der Waals surface area contributed by atoms with Crippen molar-refractivity contribution in [3.8, 4) is 0 Å². The Balaban J connectivity index is 2.26. The van der Waals surface area contributed by atoms with Crippen LogP contribution in [-0.2, 0) is 20.8 Å². The summed E-state index contributed by atoms with van der Waals surface area (Å²) in [6.45, 7) is 0.807. The summed E-state index contributed by atoms with van der Waals surface area (Å²) in [5.41, 5.74) is 3.29. The van der Waals surface area contributed by atoms with Gasteiger partial charge in [0.15, 0.2) is 0 Å². The molecule has 1 amide bonds. The van der Waals surface area contributed by atoms with Gasteiger partial charge in [0.25, 0.3) is 0 Å². The van der Waals surface area contributed by atoms with Gasteiger partial charge >= 0.3 is 0 Å². The summed E-state index contributed by atoms with van der Waals surface area (Å²) in [5.74, 6) is -0.168. The number of ether oxygens (including phenoxy) is 1. The molecule has 4 nitrogen and oxygen atoms in total. The molecule has 1 N–H and O–H groups in total. The van der Waals surface area contributed by atoms with Crippen LogP contribution < -0.4 is 5.48 Å². The van der Waals surface area contributed by atoms with Crippen LogP contribution in [0, 0.1) is 0 Å². The monoisotopic (exact) mass is 287 g/mol. The van der Waals surface area contributed by atoms with Gasteiger partial charge in [0.05, 0.1) is 19.6 Å². The molecule has 0 saturated carbocycles. The summed E-state index contributed by atoms with van der Waals surface area (Å²) in [7, 11) is 1.58. The number of halogens is 1. The number of benzene rings is 1. The van der Waals surface area contributed by atoms with E-state index in [1.165, 1.54) is 0 Å². The molecular weight excluding hydrogens is 274 g/mol. The first-order chi connectivity index (χ1) is 7.72. The van der Waals surface area contributed by atoms with Crippen LogP contribution in [0.2, 0.25) is 0 Å². The lowest BCUT2D eigenvalue weighted by atomic mass is 10.1. The van der Waals surface area contributed by atoms with Crippen molar-refractivity contribution in [1.82, 2.24) is 5.48 Å². The Morgan fingerprint density at radius 1 is 1.31 bits per heavy atom. The van der Waals surface area contributed by atoms with Crippen LogP contribution >= 0.6 is 15.9 Å². The highest BCUT2D eigenvalue weighted by Gasteiger charge is 2.02. The maximum atomic E-state index is 11.4. The third-order valence-corrected chi connectivity index (χ3v) is 2.38. The second kappa shape index (κ2) is 7.38. The largest absolute Gasteiger partial charge is 0.382 e. The lowest BCUT2D eigenvalue weighted by Gasteiger charge is -2.05. The van der Waals surface area contributed by atoms with E-state index in [1.807, 2.05) is 24.3 Å². The highest BCUT2D eigenvalue weighted by Crippen LogP contribution is 2.10. The van der Waals surface area contributed by atoms with Gasteiger partial charge in [-0.15, -0.1) is 0 Å². The fraction of sp³-hybridized carbons (Fsp3) is 0.364. The smallest absolute Gasteiger partial charge is 0.247 e. The maximum absolute atomic E-state index is 11.4. The van der Waals surface area contributed by atoms with Gasteiger partial charge in [-0.1, -0.05) is 28.1 Å². The molecule has 0 atom stereocenters. The molecule has 1 aromatic rings. The number of amides is 1. The van der Waals surface area contributed by atoms with Crippen LogP contribution in [0.1, 0.15) is 5.56 Å². The van der Waals surface area contributed by atoms with Crippen molar-refractivity contribution in [2.24, 2.45) is 0 Å². The van der Waals surface area contributed by atoms with Crippen LogP contribution in [0.25, 0.3) is 0 Å². The van der Waals surface area contributed by atoms with Crippen molar-refractivity contribution in [3.05, 3.63) is 34.3 Å². The van der Waals surface area contributed by atoms with Gasteiger partial charge < -0.3 is 4.74 Å². The Hall–Kier alpha value is -0.910. The highest BCUT2D eigenvalue weighted by molar-refractivity contribution is 9.10. The molecule has 0 saturated heterocycles. The van der Waals surface area contributed by atoms with Crippen LogP contribution in [0.4, 0.5) is 0 Å². The zero-order chi connectivity index (χ0) is 11.8. The molecule has 5 heteroatoms. The zero-order valence-electron chi connectivity index (χ0n) is 9.03. The fourth-order valence-corrected chi connectivity index (χ4v) is 1.34. The third kappa shape index (κ3) is 5.25. The van der Waals surface area contributed by atoms with Gasteiger partial charge in [0.2, 0.25) is 5.91 Å². The first-order valence-corrected chi connectivity index (χ1v) is 5.65. The molecule has 0 aromatic heterocycles. The molecule has 1 aromatic carbocycles. The van der Waals surface area contributed by atoms with E-state index in [0.717, 1.165) is 10.0 Å². The SMILES string of the molecule is COCCONC(=O)Cc1ccc(Br)cc1. The van der Waals surface area contributed by atoms with Crippen molar-refractivity contribution in [1.29, 1.82) is 0 Å². The average Bonchev–Trinajstić information content (AvgIpc) is 2.28. The Morgan fingerprint density at radius 2 is 2.00 bits per heavy atom. The number of methoxy groups -OCH3 is 1. The number of hydrogen-bond acceptors (Lipinski definition) is 3. The second-order valence-electron chi connectivity index (χ2n) is 3.17. The molecule has 88 valence electrons. The maximum Gasteiger partial charge on any atom is 0.247 e. The second-order valence-corrected chi connectivity index (χ2v) is 4.09. The Bertz CT molecular complexity index is 327. The Labute approximate surface area is 103 Å². The van der Waals surface area contributed by atoms with E-state index in [0.29, 0.717) is 19.6 Å². The van der Waals surface area contributed by atoms with Crippen molar-refractivity contribution in [3.63, 3.8) is 0 Å². The summed E-state index contributed by atoms with van der Waals surface area (Å²) in [5, 5.41) is 0. The summed E-state index contributed by atoms with van der Waals surface area (Å²) in [6, 6.07) is 7.57. The highest BCUT2D eigenvalue weighted by atomic mass is 79.9. The predicted octanol–water partition coefficient (Wildman–Crippen LogP) is 1.69. The summed E-state index contributed by atoms with van der Waals surface area (Å²) < 4.78 is 5.77. The minimum atomic E-state index is -0.168. The Kier molecular flexibility index (Phi) is 6.07. The molecule has 0 radical (unpaired) electrons. The summed E-state index contributed by atoms with van der Waals surface area (Å²) >= 11 is 3.33. The van der Waals surface area contributed by atoms with E-state index in [-0.39, 0.29) is 5.91 Å². The van der Waals surface area contributed by atoms with Crippen molar-refractivity contribution < 1.29 is 14.4 Å². The lowest BCUT2D eigenvalue weighted by molar-refractivity contribution is -0.133. The van der Waals surface area contributed by atoms with Gasteiger partial charge in [-0.05, 0) is 17.7 Å². The van der Waals surface area contributed by atoms with E-state index in [2.05, 4.69) is 21.4 Å². The normalized spacial score (nSPS) is 10.1. The minimum Gasteiger partial charge on any atom is -0.382 e. The first-order valence-electron chi connectivity index (χ1n) is 4.86. The molecule has 0 fully saturated rings. The molecule has 1 rings (SSSR count). The number of hydrogen-bond donors (Lipinski definition) is 1. The quantitative estimate of drug-likeness (QED) is 0.640. The fourth-order valence-electron chi connectivity index (χ4n) is 1.08. The molecule has 0 unspecified atom stereocenters. The number of nitrogens with one attached hydrogen (secondary N) is 1. The van der Waals surface area contributed by atoms with E-state index in [4.69, 9.17) is 9.57 Å².